The number of hydrogen-bond acceptors (Lipinski definition) is 3. The smallest absolute Gasteiger partial charge is 0.315 e. The van der Waals surface area contributed by atoms with Gasteiger partial charge in [0, 0.05) is 31.2 Å². The van der Waals surface area contributed by atoms with E-state index in [1.165, 1.54) is 17.7 Å². The molecule has 6 heteroatoms. The lowest BCUT2D eigenvalue weighted by atomic mass is 10.0. The van der Waals surface area contributed by atoms with Gasteiger partial charge in [-0.25, -0.2) is 4.79 Å². The molecule has 0 radical (unpaired) electrons. The van der Waals surface area contributed by atoms with Crippen LogP contribution in [0.2, 0.25) is 0 Å². The molecule has 0 bridgehead atoms. The number of hydrogen-bond donors (Lipinski definition) is 4. The molecule has 0 fully saturated rings. The second-order valence-corrected chi connectivity index (χ2v) is 7.01. The van der Waals surface area contributed by atoms with Gasteiger partial charge in [0.05, 0.1) is 0 Å². The zero-order valence-corrected chi connectivity index (χ0v) is 18.2. The van der Waals surface area contributed by atoms with E-state index in [9.17, 15) is 9.59 Å². The first kappa shape index (κ1) is 25.8. The minimum atomic E-state index is -0.245. The quantitative estimate of drug-likeness (QED) is 0.335. The van der Waals surface area contributed by atoms with Gasteiger partial charge in [-0.05, 0) is 51.0 Å². The van der Waals surface area contributed by atoms with Crippen molar-refractivity contribution >= 4 is 11.9 Å². The zero-order chi connectivity index (χ0) is 21.4. The molecule has 1 aliphatic heterocycles. The van der Waals surface area contributed by atoms with Crippen LogP contribution in [0.25, 0.3) is 0 Å². The Hall–Kier alpha value is -2.24. The van der Waals surface area contributed by atoms with Gasteiger partial charge in [-0.3, -0.25) is 4.79 Å². The van der Waals surface area contributed by atoms with E-state index in [4.69, 9.17) is 0 Å². The lowest BCUT2D eigenvalue weighted by Gasteiger charge is -2.17. The number of primary amides is 1. The van der Waals surface area contributed by atoms with E-state index < -0.39 is 0 Å². The summed E-state index contributed by atoms with van der Waals surface area (Å²) in [4.78, 5) is 21.3. The van der Waals surface area contributed by atoms with Gasteiger partial charge in [-0.15, -0.1) is 0 Å². The fraction of sp³-hybridized carbons (Fsp3) is 0.636. The second kappa shape index (κ2) is 15.8. The Labute approximate surface area is 171 Å². The third kappa shape index (κ3) is 13.0. The average molecular weight is 393 g/mol. The number of nitrogens with one attached hydrogen (secondary N) is 3. The van der Waals surface area contributed by atoms with Crippen LogP contribution in [0.4, 0.5) is 4.79 Å². The number of amides is 3. The first-order chi connectivity index (χ1) is 13.3. The van der Waals surface area contributed by atoms with Gasteiger partial charge < -0.3 is 21.7 Å². The van der Waals surface area contributed by atoms with Crippen LogP contribution in [-0.4, -0.2) is 31.1 Å². The van der Waals surface area contributed by atoms with Gasteiger partial charge in [0.1, 0.15) is 0 Å². The lowest BCUT2D eigenvalue weighted by Crippen LogP contribution is -2.41. The van der Waals surface area contributed by atoms with Gasteiger partial charge in [-0.2, -0.15) is 0 Å². The van der Waals surface area contributed by atoms with E-state index in [-0.39, 0.29) is 18.0 Å². The van der Waals surface area contributed by atoms with Crippen molar-refractivity contribution in [3.63, 3.8) is 0 Å². The topological polar surface area (TPSA) is 96.2 Å². The molecule has 0 aromatic heterocycles. The second-order valence-electron chi connectivity index (χ2n) is 7.01. The first-order valence-corrected chi connectivity index (χ1v) is 10.5. The largest absolute Gasteiger partial charge is 0.388 e. The molecule has 0 spiro atoms. The highest BCUT2D eigenvalue weighted by Gasteiger charge is 2.07. The maximum Gasteiger partial charge on any atom is 0.315 e. The molecule has 160 valence electrons. The molecule has 0 saturated heterocycles. The monoisotopic (exact) mass is 392 g/mol. The standard InChI is InChI=1S/C19H33N3O.C3H7NO/c1-5-18(6-2)22-19(23)21-14-7-9-15(3)11-12-17-10-8-13-20-16(17)4;1-2-3(4)5/h11-12,18,20H,3,5-10,13-14H2,1-2,4H3,(H2,21,22,23);2H2,1H3,(H2,4,5)/b12-11-;. The molecule has 1 heterocycles. The summed E-state index contributed by atoms with van der Waals surface area (Å²) in [6.07, 6.45) is 10.8. The minimum Gasteiger partial charge on any atom is -0.388 e. The summed E-state index contributed by atoms with van der Waals surface area (Å²) in [5.74, 6) is -0.245. The molecular weight excluding hydrogens is 352 g/mol. The Morgan fingerprint density at radius 1 is 1.29 bits per heavy atom. The highest BCUT2D eigenvalue weighted by atomic mass is 16.2. The van der Waals surface area contributed by atoms with E-state index in [1.807, 2.05) is 0 Å². The molecule has 0 unspecified atom stereocenters. The van der Waals surface area contributed by atoms with E-state index in [1.54, 1.807) is 6.92 Å². The van der Waals surface area contributed by atoms with Gasteiger partial charge >= 0.3 is 6.03 Å². The zero-order valence-electron chi connectivity index (χ0n) is 18.2. The van der Waals surface area contributed by atoms with E-state index >= 15 is 0 Å². The molecule has 1 aliphatic rings. The summed E-state index contributed by atoms with van der Waals surface area (Å²) in [7, 11) is 0. The van der Waals surface area contributed by atoms with E-state index in [0.29, 0.717) is 13.0 Å². The summed E-state index contributed by atoms with van der Waals surface area (Å²) in [5.41, 5.74) is 8.41. The Balaban J connectivity index is 0.00000129. The highest BCUT2D eigenvalue weighted by molar-refractivity contribution is 5.74. The summed E-state index contributed by atoms with van der Waals surface area (Å²) in [6.45, 7) is 13.9. The van der Waals surface area contributed by atoms with E-state index in [0.717, 1.165) is 44.2 Å². The SMILES string of the molecule is C=C(/C=C\C1=C(C)NCCC1)CCCNC(=O)NC(CC)CC.CCC(N)=O. The highest BCUT2D eigenvalue weighted by Crippen LogP contribution is 2.16. The van der Waals surface area contributed by atoms with Crippen LogP contribution < -0.4 is 21.7 Å². The number of rotatable bonds is 10. The molecule has 0 aromatic rings. The van der Waals surface area contributed by atoms with Gasteiger partial charge in [-0.1, -0.05) is 45.1 Å². The molecular formula is C22H40N4O2. The lowest BCUT2D eigenvalue weighted by molar-refractivity contribution is -0.117. The fourth-order valence-electron chi connectivity index (χ4n) is 2.61. The van der Waals surface area contributed by atoms with Crippen molar-refractivity contribution in [2.45, 2.75) is 78.7 Å². The van der Waals surface area contributed by atoms with Crippen molar-refractivity contribution in [2.24, 2.45) is 5.73 Å². The summed E-state index contributed by atoms with van der Waals surface area (Å²) in [5, 5.41) is 9.28. The van der Waals surface area contributed by atoms with Crippen molar-refractivity contribution in [2.75, 3.05) is 13.1 Å². The number of allylic oxidation sites excluding steroid dienone is 5. The third-order valence-corrected chi connectivity index (χ3v) is 4.64. The first-order valence-electron chi connectivity index (χ1n) is 10.5. The Morgan fingerprint density at radius 3 is 2.46 bits per heavy atom. The predicted octanol–water partition coefficient (Wildman–Crippen LogP) is 3.91. The molecule has 3 amide bonds. The summed E-state index contributed by atoms with van der Waals surface area (Å²) >= 11 is 0. The van der Waals surface area contributed by atoms with Crippen molar-refractivity contribution in [1.82, 2.24) is 16.0 Å². The van der Waals surface area contributed by atoms with Crippen molar-refractivity contribution in [3.8, 4) is 0 Å². The normalized spacial score (nSPS) is 13.6. The van der Waals surface area contributed by atoms with Crippen LogP contribution >= 0.6 is 0 Å². The average Bonchev–Trinajstić information content (AvgIpc) is 2.69. The van der Waals surface area contributed by atoms with Crippen LogP contribution in [-0.2, 0) is 4.79 Å². The molecule has 0 aliphatic carbocycles. The Bertz CT molecular complexity index is 549. The molecule has 6 nitrogen and oxygen atoms in total. The summed E-state index contributed by atoms with van der Waals surface area (Å²) in [6, 6.07) is 0.211. The van der Waals surface area contributed by atoms with Crippen molar-refractivity contribution in [1.29, 1.82) is 0 Å². The van der Waals surface area contributed by atoms with Crippen LogP contribution in [0, 0.1) is 0 Å². The van der Waals surface area contributed by atoms with Crippen LogP contribution in [0.5, 0.6) is 0 Å². The molecule has 1 rings (SSSR count). The van der Waals surface area contributed by atoms with Crippen LogP contribution in [0.3, 0.4) is 0 Å². The van der Waals surface area contributed by atoms with Gasteiger partial charge in [0.15, 0.2) is 0 Å². The number of carbonyl (C=O) groups is 2. The van der Waals surface area contributed by atoms with Crippen LogP contribution in [0.1, 0.15) is 72.6 Å². The van der Waals surface area contributed by atoms with Crippen molar-refractivity contribution in [3.05, 3.63) is 35.6 Å². The molecule has 28 heavy (non-hydrogen) atoms. The number of carbonyl (C=O) groups excluding carboxylic acids is 2. The predicted molar refractivity (Wildman–Crippen MR) is 118 cm³/mol. The van der Waals surface area contributed by atoms with Crippen LogP contribution in [0.15, 0.2) is 35.6 Å². The van der Waals surface area contributed by atoms with Gasteiger partial charge in [0.25, 0.3) is 0 Å². The maximum atomic E-state index is 11.7. The van der Waals surface area contributed by atoms with Gasteiger partial charge in [0.2, 0.25) is 5.91 Å². The Morgan fingerprint density at radius 2 is 1.93 bits per heavy atom. The Kier molecular flexibility index (Phi) is 14.5. The number of nitrogens with two attached hydrogens (primary N) is 1. The molecule has 5 N–H and O–H groups in total. The fourth-order valence-corrected chi connectivity index (χ4v) is 2.61. The summed E-state index contributed by atoms with van der Waals surface area (Å²) < 4.78 is 0. The molecule has 0 saturated carbocycles. The maximum absolute atomic E-state index is 11.7. The van der Waals surface area contributed by atoms with E-state index in [2.05, 4.69) is 61.2 Å². The minimum absolute atomic E-state index is 0.0612. The molecule has 0 aromatic carbocycles. The molecule has 0 atom stereocenters. The third-order valence-electron chi connectivity index (χ3n) is 4.64. The van der Waals surface area contributed by atoms with Crippen molar-refractivity contribution < 1.29 is 9.59 Å². The number of urea groups is 1.